The first kappa shape index (κ1) is 23.8. The van der Waals surface area contributed by atoms with Gasteiger partial charge in [0.2, 0.25) is 0 Å². The van der Waals surface area contributed by atoms with Crippen LogP contribution in [-0.4, -0.2) is 79.6 Å². The van der Waals surface area contributed by atoms with Gasteiger partial charge in [0.15, 0.2) is 11.5 Å². The molecule has 3 aromatic heterocycles. The van der Waals surface area contributed by atoms with E-state index >= 15 is 0 Å². The molecule has 1 aliphatic rings. The maximum Gasteiger partial charge on any atom is 0.573 e. The first-order chi connectivity index (χ1) is 17.2. The van der Waals surface area contributed by atoms with Gasteiger partial charge in [-0.1, -0.05) is 11.6 Å². The van der Waals surface area contributed by atoms with Crippen molar-refractivity contribution in [2.75, 3.05) is 43.4 Å². The summed E-state index contributed by atoms with van der Waals surface area (Å²) >= 11 is 5.85. The molecule has 0 bridgehead atoms. The predicted octanol–water partition coefficient (Wildman–Crippen LogP) is 2.81. The number of rotatable bonds is 5. The van der Waals surface area contributed by atoms with Gasteiger partial charge in [0.25, 0.3) is 5.91 Å². The lowest BCUT2D eigenvalue weighted by Gasteiger charge is -2.35. The number of carbonyl (C=O) groups excluding carboxylic acids is 1. The fourth-order valence-corrected chi connectivity index (χ4v) is 4.18. The monoisotopic (exact) mass is 521 g/mol. The third kappa shape index (κ3) is 4.77. The highest BCUT2D eigenvalue weighted by atomic mass is 35.5. The number of anilines is 2. The Morgan fingerprint density at radius 3 is 2.64 bits per heavy atom. The number of aromatic nitrogens is 6. The molecule has 188 valence electrons. The number of H-pyrrole nitrogens is 1. The first-order valence-corrected chi connectivity index (χ1v) is 11.1. The van der Waals surface area contributed by atoms with Crippen molar-refractivity contribution >= 4 is 40.0 Å². The number of ether oxygens (including phenoxy) is 1. The van der Waals surface area contributed by atoms with Crippen molar-refractivity contribution in [1.82, 2.24) is 34.6 Å². The maximum atomic E-state index is 13.2. The van der Waals surface area contributed by atoms with E-state index in [0.29, 0.717) is 48.8 Å². The van der Waals surface area contributed by atoms with E-state index in [4.69, 9.17) is 17.3 Å². The average Bonchev–Trinajstić information content (AvgIpc) is 3.49. The summed E-state index contributed by atoms with van der Waals surface area (Å²) in [5.74, 6) is -0.176. The molecule has 15 heteroatoms. The number of alkyl halides is 3. The van der Waals surface area contributed by atoms with E-state index < -0.39 is 12.1 Å². The normalized spacial score (nSPS) is 14.9. The highest BCUT2D eigenvalue weighted by Gasteiger charge is 2.32. The number of benzene rings is 1. The van der Waals surface area contributed by atoms with Gasteiger partial charge in [-0.05, 0) is 12.1 Å². The highest BCUT2D eigenvalue weighted by Crippen LogP contribution is 2.34. The van der Waals surface area contributed by atoms with Gasteiger partial charge in [-0.3, -0.25) is 9.69 Å². The van der Waals surface area contributed by atoms with Gasteiger partial charge in [-0.2, -0.15) is 9.78 Å². The summed E-state index contributed by atoms with van der Waals surface area (Å²) in [4.78, 5) is 32.3. The molecule has 1 aliphatic heterocycles. The number of hydrogen-bond donors (Lipinski definition) is 2. The number of carbonyl (C=O) groups is 1. The second-order valence-corrected chi connectivity index (χ2v) is 8.38. The lowest BCUT2D eigenvalue weighted by molar-refractivity contribution is -0.274. The van der Waals surface area contributed by atoms with Crippen molar-refractivity contribution in [3.05, 3.63) is 41.9 Å². The third-order valence-electron chi connectivity index (χ3n) is 5.69. The van der Waals surface area contributed by atoms with Crippen LogP contribution in [0.25, 0.3) is 22.6 Å². The number of halogens is 4. The van der Waals surface area contributed by atoms with Crippen LogP contribution in [0.3, 0.4) is 0 Å². The van der Waals surface area contributed by atoms with E-state index in [1.54, 1.807) is 18.5 Å². The zero-order valence-electron chi connectivity index (χ0n) is 18.5. The number of piperazine rings is 1. The minimum absolute atomic E-state index is 0.0508. The van der Waals surface area contributed by atoms with Crippen molar-refractivity contribution in [3.8, 4) is 17.3 Å². The van der Waals surface area contributed by atoms with Gasteiger partial charge in [-0.25, -0.2) is 15.0 Å². The fraction of sp³-hybridized carbons (Fsp3) is 0.286. The Hall–Kier alpha value is -3.91. The van der Waals surface area contributed by atoms with Crippen molar-refractivity contribution < 1.29 is 22.7 Å². The molecular formula is C21H19ClF3N9O2. The van der Waals surface area contributed by atoms with Crippen LogP contribution in [0.2, 0.25) is 5.02 Å². The Morgan fingerprint density at radius 2 is 1.94 bits per heavy atom. The topological polar surface area (TPSA) is 131 Å². The van der Waals surface area contributed by atoms with Crippen molar-refractivity contribution in [2.24, 2.45) is 0 Å². The Morgan fingerprint density at radius 1 is 1.17 bits per heavy atom. The summed E-state index contributed by atoms with van der Waals surface area (Å²) in [5, 5.41) is 4.69. The molecule has 11 nitrogen and oxygen atoms in total. The average molecular weight is 522 g/mol. The Kier molecular flexibility index (Phi) is 6.14. The lowest BCUT2D eigenvalue weighted by Crippen LogP contribution is -2.48. The van der Waals surface area contributed by atoms with Crippen molar-refractivity contribution in [3.63, 3.8) is 0 Å². The summed E-state index contributed by atoms with van der Waals surface area (Å²) in [6.07, 6.45) is -0.401. The summed E-state index contributed by atoms with van der Waals surface area (Å²) < 4.78 is 43.1. The number of nitrogen functional groups attached to an aromatic ring is 1. The molecule has 4 heterocycles. The van der Waals surface area contributed by atoms with Gasteiger partial charge in [0.1, 0.15) is 23.6 Å². The van der Waals surface area contributed by atoms with Crippen molar-refractivity contribution in [1.29, 1.82) is 0 Å². The SMILES string of the molecule is Nc1ncnc2c1c(-c1ncc[nH]1)nn2C(=O)CN1CCN(c2ccc(Cl)c(OC(F)(F)F)c2)CC1. The van der Waals surface area contributed by atoms with Gasteiger partial charge in [0, 0.05) is 50.3 Å². The minimum atomic E-state index is -4.84. The second-order valence-electron chi connectivity index (χ2n) is 7.98. The van der Waals surface area contributed by atoms with Crippen LogP contribution >= 0.6 is 11.6 Å². The zero-order valence-corrected chi connectivity index (χ0v) is 19.3. The quantitative estimate of drug-likeness (QED) is 0.407. The van der Waals surface area contributed by atoms with Crippen LogP contribution in [0, 0.1) is 0 Å². The largest absolute Gasteiger partial charge is 0.573 e. The number of imidazole rings is 1. The maximum absolute atomic E-state index is 13.2. The molecule has 1 saturated heterocycles. The fourth-order valence-electron chi connectivity index (χ4n) is 4.02. The molecule has 0 saturated carbocycles. The molecule has 1 fully saturated rings. The summed E-state index contributed by atoms with van der Waals surface area (Å²) in [7, 11) is 0. The van der Waals surface area contributed by atoms with Crippen LogP contribution in [0.5, 0.6) is 5.75 Å². The molecule has 0 spiro atoms. The smallest absolute Gasteiger partial charge is 0.404 e. The molecule has 0 radical (unpaired) electrons. The van der Waals surface area contributed by atoms with E-state index in [2.05, 4.69) is 29.8 Å². The van der Waals surface area contributed by atoms with Crippen molar-refractivity contribution in [2.45, 2.75) is 6.36 Å². The highest BCUT2D eigenvalue weighted by molar-refractivity contribution is 6.32. The molecule has 5 rings (SSSR count). The first-order valence-electron chi connectivity index (χ1n) is 10.7. The molecule has 4 aromatic rings. The summed E-state index contributed by atoms with van der Waals surface area (Å²) in [6.45, 7) is 1.99. The third-order valence-corrected chi connectivity index (χ3v) is 6.00. The Bertz CT molecular complexity index is 1400. The van der Waals surface area contributed by atoms with Gasteiger partial charge in [0.05, 0.1) is 17.0 Å². The van der Waals surface area contributed by atoms with Crippen LogP contribution in [0.15, 0.2) is 36.9 Å². The summed E-state index contributed by atoms with van der Waals surface area (Å²) in [6, 6.07) is 4.25. The summed E-state index contributed by atoms with van der Waals surface area (Å²) in [5.41, 5.74) is 7.21. The number of nitrogens with two attached hydrogens (primary N) is 1. The second kappa shape index (κ2) is 9.28. The molecule has 3 N–H and O–H groups in total. The van der Waals surface area contributed by atoms with E-state index in [-0.39, 0.29) is 28.9 Å². The number of hydrogen-bond acceptors (Lipinski definition) is 9. The minimum Gasteiger partial charge on any atom is -0.404 e. The molecular weight excluding hydrogens is 503 g/mol. The Balaban J connectivity index is 1.29. The number of nitrogens with one attached hydrogen (secondary N) is 1. The van der Waals surface area contributed by atoms with Crippen LogP contribution in [-0.2, 0) is 0 Å². The number of aromatic amines is 1. The standard InChI is InChI=1S/C21H19ClF3N9O2/c22-13-2-1-12(9-14(13)36-21(23,24)25)33-7-5-32(6-8-33)10-15(35)34-20-16(18(26)29-11-30-20)17(31-34)19-27-3-4-28-19/h1-4,9,11H,5-8,10H2,(H,27,28)(H2,26,29,30). The molecule has 0 aliphatic carbocycles. The molecule has 0 unspecified atom stereocenters. The zero-order chi connectivity index (χ0) is 25.4. The van der Waals surface area contributed by atoms with Gasteiger partial charge < -0.3 is 20.4 Å². The van der Waals surface area contributed by atoms with E-state index in [1.165, 1.54) is 23.1 Å². The van der Waals surface area contributed by atoms with Crippen LogP contribution in [0.1, 0.15) is 4.79 Å². The number of fused-ring (bicyclic) bond motifs is 1. The molecule has 36 heavy (non-hydrogen) atoms. The molecule has 0 amide bonds. The van der Waals surface area contributed by atoms with E-state index in [9.17, 15) is 18.0 Å². The van der Waals surface area contributed by atoms with Crippen LogP contribution in [0.4, 0.5) is 24.7 Å². The number of nitrogens with zero attached hydrogens (tertiary/aromatic N) is 7. The van der Waals surface area contributed by atoms with Crippen LogP contribution < -0.4 is 15.4 Å². The van der Waals surface area contributed by atoms with E-state index in [0.717, 1.165) is 0 Å². The predicted molar refractivity (Wildman–Crippen MR) is 125 cm³/mol. The Labute approximate surface area is 206 Å². The lowest BCUT2D eigenvalue weighted by atomic mass is 10.2. The molecule has 1 aromatic carbocycles. The van der Waals surface area contributed by atoms with Gasteiger partial charge >= 0.3 is 6.36 Å². The van der Waals surface area contributed by atoms with E-state index in [1.807, 2.05) is 9.80 Å². The van der Waals surface area contributed by atoms with Gasteiger partial charge in [-0.15, -0.1) is 13.2 Å². The molecule has 0 atom stereocenters.